The first-order valence-corrected chi connectivity index (χ1v) is 17.2. The summed E-state index contributed by atoms with van der Waals surface area (Å²) in [6.45, 7) is 22.5. The Morgan fingerprint density at radius 3 is 2.27 bits per heavy atom. The van der Waals surface area contributed by atoms with E-state index < -0.39 is 0 Å². The molecule has 0 spiro atoms. The smallest absolute Gasteiger partial charge is 0.306 e. The van der Waals surface area contributed by atoms with Crippen molar-refractivity contribution in [1.82, 2.24) is 0 Å². The van der Waals surface area contributed by atoms with Gasteiger partial charge in [0.15, 0.2) is 0 Å². The Morgan fingerprint density at radius 1 is 0.829 bits per heavy atom. The van der Waals surface area contributed by atoms with Crippen molar-refractivity contribution in [3.8, 4) is 0 Å². The van der Waals surface area contributed by atoms with Crippen molar-refractivity contribution in [2.75, 3.05) is 0 Å². The summed E-state index contributed by atoms with van der Waals surface area (Å²) in [5.74, 6) is 3.74. The topological polar surface area (TPSA) is 26.3 Å². The maximum atomic E-state index is 13.1. The van der Waals surface area contributed by atoms with E-state index in [9.17, 15) is 4.79 Å². The molecule has 1 aromatic carbocycles. The summed E-state index contributed by atoms with van der Waals surface area (Å²) < 4.78 is 6.33. The van der Waals surface area contributed by atoms with Gasteiger partial charge in [0, 0.05) is 11.8 Å². The molecule has 0 N–H and O–H groups in total. The van der Waals surface area contributed by atoms with Gasteiger partial charge in [-0.3, -0.25) is 4.79 Å². The Morgan fingerprint density at radius 2 is 1.56 bits per heavy atom. The Labute approximate surface area is 251 Å². The summed E-state index contributed by atoms with van der Waals surface area (Å²) in [5, 5.41) is 0. The van der Waals surface area contributed by atoms with Crippen molar-refractivity contribution in [3.63, 3.8) is 0 Å². The molecule has 5 fully saturated rings. The average Bonchev–Trinajstić information content (AvgIpc) is 3.28. The molecule has 2 nitrogen and oxygen atoms in total. The van der Waals surface area contributed by atoms with E-state index in [-0.39, 0.29) is 17.5 Å². The number of fused-ring (bicyclic) bond motifs is 7. The summed E-state index contributed by atoms with van der Waals surface area (Å²) in [7, 11) is 0. The molecule has 0 aliphatic heterocycles. The SMILES string of the molecule is C=C(C)[C@@H]1CC[C@]2(C)CC[C@]3(C)[C@H](CC[C@@H]4[C@@]5(C)CC[C@H](OC(=O)CCc6ccccc6)C(C)(C)[C@@H]5CC[C@]43C)[C@@H]12. The lowest BCUT2D eigenvalue weighted by molar-refractivity contribution is -0.249. The average molecular weight is 559 g/mol. The van der Waals surface area contributed by atoms with E-state index in [0.29, 0.717) is 34.0 Å². The van der Waals surface area contributed by atoms with Crippen LogP contribution in [0.4, 0.5) is 0 Å². The van der Waals surface area contributed by atoms with E-state index in [1.165, 1.54) is 68.9 Å². The van der Waals surface area contributed by atoms with E-state index in [1.807, 2.05) is 6.07 Å². The molecular weight excluding hydrogens is 500 g/mol. The zero-order valence-corrected chi connectivity index (χ0v) is 27.4. The van der Waals surface area contributed by atoms with Gasteiger partial charge in [-0.1, -0.05) is 84.0 Å². The first kappa shape index (κ1) is 29.5. The summed E-state index contributed by atoms with van der Waals surface area (Å²) >= 11 is 0. The highest BCUT2D eigenvalue weighted by Crippen LogP contribution is 2.77. The molecular formula is C39H58O2. The number of esters is 1. The fourth-order valence-electron chi connectivity index (χ4n) is 12.8. The molecule has 0 heterocycles. The lowest BCUT2D eigenvalue weighted by Crippen LogP contribution is -2.66. The third-order valence-electron chi connectivity index (χ3n) is 15.2. The van der Waals surface area contributed by atoms with Gasteiger partial charge in [-0.2, -0.15) is 0 Å². The molecule has 0 radical (unpaired) electrons. The lowest BCUT2D eigenvalue weighted by atomic mass is 9.32. The maximum Gasteiger partial charge on any atom is 0.306 e. The molecule has 0 aromatic heterocycles. The van der Waals surface area contributed by atoms with Crippen LogP contribution < -0.4 is 0 Å². The van der Waals surface area contributed by atoms with Crippen LogP contribution >= 0.6 is 0 Å². The van der Waals surface area contributed by atoms with Crippen LogP contribution in [-0.4, -0.2) is 12.1 Å². The molecule has 2 heteroatoms. The van der Waals surface area contributed by atoms with Crippen molar-refractivity contribution >= 4 is 5.97 Å². The van der Waals surface area contributed by atoms with E-state index in [2.05, 4.69) is 79.3 Å². The monoisotopic (exact) mass is 558 g/mol. The van der Waals surface area contributed by atoms with Crippen LogP contribution in [0, 0.1) is 56.7 Å². The molecule has 0 saturated heterocycles. The summed E-state index contributed by atoms with van der Waals surface area (Å²) in [6.07, 6.45) is 14.5. The second-order valence-corrected chi connectivity index (χ2v) is 17.2. The van der Waals surface area contributed by atoms with Gasteiger partial charge >= 0.3 is 5.97 Å². The number of aryl methyl sites for hydroxylation is 1. The third-order valence-corrected chi connectivity index (χ3v) is 15.2. The quantitative estimate of drug-likeness (QED) is 0.265. The number of carbonyl (C=O) groups excluding carboxylic acids is 1. The van der Waals surface area contributed by atoms with Crippen LogP contribution in [-0.2, 0) is 16.0 Å². The lowest BCUT2D eigenvalue weighted by Gasteiger charge is -2.73. The molecule has 10 atom stereocenters. The van der Waals surface area contributed by atoms with E-state index >= 15 is 0 Å². The molecule has 0 amide bonds. The van der Waals surface area contributed by atoms with Gasteiger partial charge in [0.05, 0.1) is 0 Å². The minimum Gasteiger partial charge on any atom is -0.462 e. The zero-order valence-electron chi connectivity index (χ0n) is 27.4. The highest BCUT2D eigenvalue weighted by molar-refractivity contribution is 5.70. The molecule has 6 rings (SSSR count). The summed E-state index contributed by atoms with van der Waals surface area (Å²) in [6, 6.07) is 10.3. The second kappa shape index (κ2) is 9.99. The van der Waals surface area contributed by atoms with Crippen molar-refractivity contribution < 1.29 is 9.53 Å². The molecule has 1 aromatic rings. The molecule has 5 aliphatic rings. The number of hydrogen-bond donors (Lipinski definition) is 0. The van der Waals surface area contributed by atoms with Crippen LogP contribution in [0.15, 0.2) is 42.5 Å². The number of carbonyl (C=O) groups is 1. The minimum atomic E-state index is -0.0157. The first-order chi connectivity index (χ1) is 19.3. The van der Waals surface area contributed by atoms with Gasteiger partial charge in [-0.25, -0.2) is 0 Å². The van der Waals surface area contributed by atoms with E-state index in [0.717, 1.165) is 36.5 Å². The van der Waals surface area contributed by atoms with Crippen molar-refractivity contribution in [2.45, 2.75) is 132 Å². The van der Waals surface area contributed by atoms with Crippen LogP contribution in [0.1, 0.15) is 125 Å². The molecule has 0 unspecified atom stereocenters. The highest BCUT2D eigenvalue weighted by atomic mass is 16.5. The highest BCUT2D eigenvalue weighted by Gasteiger charge is 2.70. The van der Waals surface area contributed by atoms with Crippen LogP contribution in [0.3, 0.4) is 0 Å². The molecule has 0 bridgehead atoms. The van der Waals surface area contributed by atoms with Crippen LogP contribution in [0.25, 0.3) is 0 Å². The number of ether oxygens (including phenoxy) is 1. The number of benzene rings is 1. The molecule has 41 heavy (non-hydrogen) atoms. The van der Waals surface area contributed by atoms with E-state index in [1.54, 1.807) is 0 Å². The molecule has 5 saturated carbocycles. The summed E-state index contributed by atoms with van der Waals surface area (Å²) in [4.78, 5) is 13.1. The predicted molar refractivity (Wildman–Crippen MR) is 169 cm³/mol. The van der Waals surface area contributed by atoms with Crippen LogP contribution in [0.2, 0.25) is 0 Å². The van der Waals surface area contributed by atoms with Gasteiger partial charge in [-0.05, 0) is 134 Å². The van der Waals surface area contributed by atoms with Crippen molar-refractivity contribution in [3.05, 3.63) is 48.0 Å². The number of allylic oxidation sites excluding steroid dienone is 1. The second-order valence-electron chi connectivity index (χ2n) is 17.2. The Bertz CT molecular complexity index is 1170. The third kappa shape index (κ3) is 4.34. The summed E-state index contributed by atoms with van der Waals surface area (Å²) in [5.41, 5.74) is 4.31. The molecule has 5 aliphatic carbocycles. The van der Waals surface area contributed by atoms with Gasteiger partial charge in [0.2, 0.25) is 0 Å². The Hall–Kier alpha value is -1.57. The number of rotatable bonds is 5. The largest absolute Gasteiger partial charge is 0.462 e. The van der Waals surface area contributed by atoms with Gasteiger partial charge in [-0.15, -0.1) is 0 Å². The van der Waals surface area contributed by atoms with E-state index in [4.69, 9.17) is 4.74 Å². The Balaban J connectivity index is 1.21. The Kier molecular flexibility index (Phi) is 7.18. The van der Waals surface area contributed by atoms with Crippen LogP contribution in [0.5, 0.6) is 0 Å². The predicted octanol–water partition coefficient (Wildman–Crippen LogP) is 10.2. The first-order valence-electron chi connectivity index (χ1n) is 17.2. The van der Waals surface area contributed by atoms with Crippen molar-refractivity contribution in [1.29, 1.82) is 0 Å². The minimum absolute atomic E-state index is 0.0100. The standard InChI is InChI=1S/C39H58O2/c1-26(2)28-18-21-36(5)24-25-38(7)29(34(28)36)15-16-31-37(6)22-20-32(35(3,4)30(37)19-23-39(31,38)8)41-33(40)17-14-27-12-10-9-11-13-27/h9-13,28-32,34H,1,14-25H2,2-8H3/t28-,29+,30-,31+,32-,34+,36+,37-,38+,39+/m0/s1. The van der Waals surface area contributed by atoms with Crippen molar-refractivity contribution in [2.24, 2.45) is 56.7 Å². The van der Waals surface area contributed by atoms with Gasteiger partial charge in [0.1, 0.15) is 6.10 Å². The van der Waals surface area contributed by atoms with Gasteiger partial charge in [0.25, 0.3) is 0 Å². The van der Waals surface area contributed by atoms with Gasteiger partial charge < -0.3 is 4.74 Å². The normalized spacial score (nSPS) is 46.4. The number of hydrogen-bond acceptors (Lipinski definition) is 2. The fraction of sp³-hybridized carbons (Fsp3) is 0.769. The maximum absolute atomic E-state index is 13.1. The molecule has 226 valence electrons. The zero-order chi connectivity index (χ0) is 29.4. The fourth-order valence-corrected chi connectivity index (χ4v) is 12.8.